The molecule has 0 aromatic carbocycles. The lowest BCUT2D eigenvalue weighted by atomic mass is 9.99. The predicted octanol–water partition coefficient (Wildman–Crippen LogP) is 20.9. The number of amides is 1. The van der Waals surface area contributed by atoms with E-state index >= 15 is 0 Å². The van der Waals surface area contributed by atoms with Crippen molar-refractivity contribution in [3.05, 3.63) is 215 Å². The zero-order valence-electron chi connectivity index (χ0n) is 87.5. The zero-order chi connectivity index (χ0) is 105. The van der Waals surface area contributed by atoms with E-state index in [1.165, 1.54) is 6.07 Å². The minimum absolute atomic E-state index is 0.0485. The van der Waals surface area contributed by atoms with Crippen LogP contribution in [-0.2, 0) is 14.8 Å². The molecule has 0 saturated carbocycles. The average molecular weight is 2090 g/mol. The van der Waals surface area contributed by atoms with Crippen LogP contribution in [0.5, 0.6) is 0 Å². The van der Waals surface area contributed by atoms with Gasteiger partial charge in [-0.15, -0.1) is 45.3 Å². The van der Waals surface area contributed by atoms with E-state index < -0.39 is 10.0 Å². The number of pyridine rings is 4. The molecule has 32 nitrogen and oxygen atoms in total. The van der Waals surface area contributed by atoms with Gasteiger partial charge in [0.1, 0.15) is 29.3 Å². The summed E-state index contributed by atoms with van der Waals surface area (Å²) in [4.78, 5) is 125. The molecule has 16 aromatic rings. The molecule has 3 saturated heterocycles. The van der Waals surface area contributed by atoms with Crippen molar-refractivity contribution in [3.8, 4) is 87.3 Å². The van der Waals surface area contributed by atoms with Crippen molar-refractivity contribution in [1.82, 2.24) is 103 Å². The Kier molecular flexibility index (Phi) is 36.0. The second-order valence-corrected chi connectivity index (χ2v) is 44.0. The van der Waals surface area contributed by atoms with Gasteiger partial charge in [0.25, 0.3) is 0 Å². The second-order valence-electron chi connectivity index (χ2n) is 38.2. The van der Waals surface area contributed by atoms with Crippen LogP contribution in [0.15, 0.2) is 192 Å². The highest BCUT2D eigenvalue weighted by Gasteiger charge is 2.37. The molecule has 0 aliphatic carbocycles. The molecule has 19 rings (SSSR count). The van der Waals surface area contributed by atoms with Gasteiger partial charge in [-0.2, -0.15) is 20.4 Å². The van der Waals surface area contributed by atoms with E-state index in [1.807, 2.05) is 150 Å². The summed E-state index contributed by atoms with van der Waals surface area (Å²) in [5.41, 5.74) is 14.3. The molecule has 19 heterocycles. The first-order valence-corrected chi connectivity index (χ1v) is 57.0. The third-order valence-corrected chi connectivity index (χ3v) is 33.3. The Morgan fingerprint density at radius 1 is 0.378 bits per heavy atom. The fourth-order valence-corrected chi connectivity index (χ4v) is 22.8. The first-order chi connectivity index (χ1) is 71.6. The van der Waals surface area contributed by atoms with Crippen LogP contribution < -0.4 is 24.7 Å². The van der Waals surface area contributed by atoms with Crippen LogP contribution in [0.25, 0.3) is 110 Å². The molecule has 0 radical (unpaired) electrons. The SMILES string of the molecule is CCN(CC)[C@@H](C)CCC(=O)c1cc(-c2cnn3ccc(-c4cccs4)nc23)nc(N2CC(C)C2)c1.CCN(CC)[C@@H](C)CCC(=O)c1cc(-c2cnn3ccc(-c4cccs4)nc23)nc(N2CC(C)C2)c1.CCN(CC)[C@@H](C)CCC(=O)c1cc(-c2cnn3ccc(-c4cccs4)nc23)nc(N2CC[C@H]2C(=O)NC)c1.CCN(CC)[C@@H](C)CCC(=O)c1cc(NS(=O)(=O)CC)nc(-c2cnn3ccc(-c4cccs4)nc23)c1. The van der Waals surface area contributed by atoms with E-state index in [0.717, 1.165) is 209 Å². The number of nitrogens with one attached hydrogen (secondary N) is 2. The third-order valence-electron chi connectivity index (χ3n) is 28.4. The molecule has 2 N–H and O–H groups in total. The highest BCUT2D eigenvalue weighted by atomic mass is 32.2. The van der Waals surface area contributed by atoms with Crippen LogP contribution in [0, 0.1) is 11.8 Å². The molecule has 5 atom stereocenters. The fourth-order valence-electron chi connectivity index (χ4n) is 19.4. The van der Waals surface area contributed by atoms with Crippen molar-refractivity contribution in [2.75, 3.05) is 117 Å². The number of carbonyl (C=O) groups excluding carboxylic acids is 5. The number of likely N-dealkylation sites (N-methyl/N-ethyl adjacent to an activating group) is 1. The second kappa shape index (κ2) is 49.4. The Hall–Kier alpha value is -13.0. The number of fused-ring (bicyclic) bond motifs is 4. The van der Waals surface area contributed by atoms with E-state index in [4.69, 9.17) is 34.9 Å². The molecule has 16 aromatic heterocycles. The summed E-state index contributed by atoms with van der Waals surface area (Å²) in [5, 5.41) is 28.8. The minimum Gasteiger partial charge on any atom is -0.357 e. The summed E-state index contributed by atoms with van der Waals surface area (Å²) in [6.45, 7) is 44.2. The minimum atomic E-state index is -3.59. The summed E-state index contributed by atoms with van der Waals surface area (Å²) < 4.78 is 34.1. The molecular weight excluding hydrogens is 1960 g/mol. The van der Waals surface area contributed by atoms with Crippen molar-refractivity contribution < 1.29 is 32.4 Å². The number of nitrogens with zero attached hydrogens (tertiary/aromatic N) is 23. The number of Topliss-reactive ketones (excluding diaryl/α,β-unsaturated/α-hetero) is 4. The van der Waals surface area contributed by atoms with Crippen molar-refractivity contribution in [1.29, 1.82) is 0 Å². The number of hydrogen-bond acceptors (Lipinski definition) is 30. The van der Waals surface area contributed by atoms with E-state index in [1.54, 1.807) is 95.8 Å². The van der Waals surface area contributed by atoms with Gasteiger partial charge in [-0.3, -0.25) is 28.7 Å². The van der Waals surface area contributed by atoms with Crippen LogP contribution in [0.1, 0.15) is 203 Å². The first kappa shape index (κ1) is 108. The van der Waals surface area contributed by atoms with E-state index in [0.29, 0.717) is 114 Å². The summed E-state index contributed by atoms with van der Waals surface area (Å²) in [7, 11) is -1.95. The van der Waals surface area contributed by atoms with E-state index in [9.17, 15) is 32.4 Å². The lowest BCUT2D eigenvalue weighted by Crippen LogP contribution is -2.56. The van der Waals surface area contributed by atoms with Crippen molar-refractivity contribution >= 4 is 130 Å². The maximum atomic E-state index is 13.5. The van der Waals surface area contributed by atoms with Crippen LogP contribution >= 0.6 is 45.3 Å². The number of rotatable bonds is 43. The quantitative estimate of drug-likeness (QED) is 0.0335. The van der Waals surface area contributed by atoms with Gasteiger partial charge in [0.05, 0.1) is 118 Å². The molecule has 3 aliphatic rings. The summed E-state index contributed by atoms with van der Waals surface area (Å²) in [6.07, 6.45) is 20.3. The van der Waals surface area contributed by atoms with Gasteiger partial charge in [-0.25, -0.2) is 66.4 Å². The van der Waals surface area contributed by atoms with E-state index in [2.05, 4.69) is 185 Å². The van der Waals surface area contributed by atoms with Gasteiger partial charge < -0.3 is 39.6 Å². The molecule has 0 bridgehead atoms. The number of aromatic nitrogens is 16. The molecule has 0 spiro atoms. The third kappa shape index (κ3) is 25.4. The predicted molar refractivity (Wildman–Crippen MR) is 598 cm³/mol. The first-order valence-electron chi connectivity index (χ1n) is 51.8. The fraction of sp³-hybridized carbons (Fsp3) is 0.414. The summed E-state index contributed by atoms with van der Waals surface area (Å²) in [5.74, 6) is 3.90. The largest absolute Gasteiger partial charge is 0.357 e. The molecular formula is C111H135N25O7S5. The maximum absolute atomic E-state index is 13.5. The standard InChI is InChI=1S/C29H35N7O2S.2C28H34N6OS.C26H32N6O3S2/c1-5-34(6-2)19(3)9-10-25(37)20-16-23(32-27(17-20)35-13-12-24(35)29(38)30-4)21-18-31-36-14-11-22(33-28(21)36)26-8-7-15-39-26;2*1-5-32(6-2)20(4)9-10-25(35)21-14-24(30-27(15-21)33-17-19(3)18-33)22-16-29-34-12-11-23(31-28(22)34)26-8-7-13-36-26;1-5-31(6-2)18(4)10-11-23(33)19-15-22(28-25(16-19)30-37(34,35)7-3)20-17-27-32-13-12-21(29-26(20)32)24-9-8-14-36-24/h7-8,11,14-19,24H,5-6,9-10,12-13H2,1-4H3,(H,30,38);2*7-8,11-16,19-20H,5-6,9-10,17-18H2,1-4H3;8-9,12-18H,5-7,10-11H2,1-4H3,(H,28,30)/t19-,24-;2*20-;18-/m0000/s1. The Labute approximate surface area is 882 Å². The maximum Gasteiger partial charge on any atom is 0.242 e. The Morgan fingerprint density at radius 2 is 0.662 bits per heavy atom. The average Bonchev–Trinajstić information content (AvgIpc) is 1.52. The van der Waals surface area contributed by atoms with Gasteiger partial charge in [-0.1, -0.05) is 93.5 Å². The Balaban J connectivity index is 0.000000141. The normalized spacial score (nSPS) is 14.7. The van der Waals surface area contributed by atoms with E-state index in [-0.39, 0.29) is 52.7 Å². The number of thiophene rings is 4. The molecule has 37 heteroatoms. The lowest BCUT2D eigenvalue weighted by molar-refractivity contribution is -0.123. The van der Waals surface area contributed by atoms with Crippen LogP contribution in [0.4, 0.5) is 23.3 Å². The van der Waals surface area contributed by atoms with Gasteiger partial charge in [-0.05, 0) is 249 Å². The topological polar surface area (TPSA) is 339 Å². The molecule has 0 unspecified atom stereocenters. The van der Waals surface area contributed by atoms with Gasteiger partial charge in [0, 0.05) is 137 Å². The number of carbonyl (C=O) groups is 5. The summed E-state index contributed by atoms with van der Waals surface area (Å²) >= 11 is 6.54. The van der Waals surface area contributed by atoms with Crippen molar-refractivity contribution in [2.45, 2.75) is 192 Å². The molecule has 148 heavy (non-hydrogen) atoms. The van der Waals surface area contributed by atoms with Crippen molar-refractivity contribution in [3.63, 3.8) is 0 Å². The number of sulfonamides is 1. The molecule has 1 amide bonds. The Bertz CT molecular complexity index is 7130. The Morgan fingerprint density at radius 3 is 0.919 bits per heavy atom. The molecule has 776 valence electrons. The highest BCUT2D eigenvalue weighted by Crippen LogP contribution is 2.39. The number of ketones is 4. The number of hydrogen-bond donors (Lipinski definition) is 2. The number of anilines is 4. The van der Waals surface area contributed by atoms with Gasteiger partial charge in [0.15, 0.2) is 45.7 Å². The lowest BCUT2D eigenvalue weighted by Gasteiger charge is -2.40. The monoisotopic (exact) mass is 2090 g/mol. The summed E-state index contributed by atoms with van der Waals surface area (Å²) in [6, 6.07) is 39.7. The van der Waals surface area contributed by atoms with Crippen molar-refractivity contribution in [2.24, 2.45) is 11.8 Å². The van der Waals surface area contributed by atoms with Crippen LogP contribution in [-0.4, -0.2) is 263 Å². The zero-order valence-corrected chi connectivity index (χ0v) is 91.5. The van der Waals surface area contributed by atoms with Gasteiger partial charge in [0.2, 0.25) is 15.9 Å². The molecule has 3 fully saturated rings. The van der Waals surface area contributed by atoms with Gasteiger partial charge >= 0.3 is 0 Å². The highest BCUT2D eigenvalue weighted by molar-refractivity contribution is 7.92. The smallest absolute Gasteiger partial charge is 0.242 e. The molecule has 3 aliphatic heterocycles. The van der Waals surface area contributed by atoms with Crippen LogP contribution in [0.3, 0.4) is 0 Å². The van der Waals surface area contributed by atoms with Crippen LogP contribution in [0.2, 0.25) is 0 Å².